The Bertz CT molecular complexity index is 1410. The van der Waals surface area contributed by atoms with Crippen LogP contribution in [0.2, 0.25) is 0 Å². The zero-order valence-corrected chi connectivity index (χ0v) is 19.8. The molecular formula is C32H29N3. The van der Waals surface area contributed by atoms with Gasteiger partial charge in [0.15, 0.2) is 0 Å². The predicted octanol–water partition coefficient (Wildman–Crippen LogP) is 8.32. The van der Waals surface area contributed by atoms with Gasteiger partial charge in [-0.25, -0.2) is 0 Å². The average molecular weight is 456 g/mol. The summed E-state index contributed by atoms with van der Waals surface area (Å²) in [5.41, 5.74) is 17.4. The predicted molar refractivity (Wildman–Crippen MR) is 150 cm³/mol. The standard InChI is InChI=1S/C25H20N2.C7H9N/c1-3-10-19(11-4-1)26-24-16-15-22-21-14-8-7-9-18(21)17-23(22)25(24)27-20-12-5-2-6-13-20;1-6-4-2-3-5-7(6)8/h1-16,26-27H,17H2;2-5H,8H2,1H3. The van der Waals surface area contributed by atoms with Gasteiger partial charge in [-0.05, 0) is 71.1 Å². The van der Waals surface area contributed by atoms with Gasteiger partial charge in [-0.15, -0.1) is 0 Å². The van der Waals surface area contributed by atoms with E-state index in [-0.39, 0.29) is 0 Å². The highest BCUT2D eigenvalue weighted by molar-refractivity contribution is 5.91. The van der Waals surface area contributed by atoms with Crippen molar-refractivity contribution in [2.24, 2.45) is 0 Å². The Balaban J connectivity index is 0.000000271. The summed E-state index contributed by atoms with van der Waals surface area (Å²) in [4.78, 5) is 0. The largest absolute Gasteiger partial charge is 0.399 e. The van der Waals surface area contributed by atoms with Gasteiger partial charge in [0.05, 0.1) is 11.4 Å². The summed E-state index contributed by atoms with van der Waals surface area (Å²) in [5, 5.41) is 7.25. The van der Waals surface area contributed by atoms with Crippen LogP contribution in [0.25, 0.3) is 11.1 Å². The van der Waals surface area contributed by atoms with E-state index in [9.17, 15) is 0 Å². The van der Waals surface area contributed by atoms with Crippen molar-refractivity contribution in [3.05, 3.63) is 138 Å². The second-order valence-corrected chi connectivity index (χ2v) is 8.69. The summed E-state index contributed by atoms with van der Waals surface area (Å²) >= 11 is 0. The van der Waals surface area contributed by atoms with Crippen LogP contribution in [0.15, 0.2) is 121 Å². The van der Waals surface area contributed by atoms with Crippen molar-refractivity contribution in [2.45, 2.75) is 13.3 Å². The van der Waals surface area contributed by atoms with Crippen LogP contribution in [0, 0.1) is 6.92 Å². The van der Waals surface area contributed by atoms with E-state index in [2.05, 4.69) is 95.6 Å². The molecule has 0 atom stereocenters. The Labute approximate surface area is 207 Å². The fourth-order valence-electron chi connectivity index (χ4n) is 4.39. The van der Waals surface area contributed by atoms with Gasteiger partial charge in [0.25, 0.3) is 0 Å². The van der Waals surface area contributed by atoms with Gasteiger partial charge in [-0.1, -0.05) is 84.9 Å². The average Bonchev–Trinajstić information content (AvgIpc) is 3.28. The number of aryl methyl sites for hydroxylation is 1. The number of rotatable bonds is 4. The summed E-state index contributed by atoms with van der Waals surface area (Å²) in [7, 11) is 0. The highest BCUT2D eigenvalue weighted by Gasteiger charge is 2.23. The van der Waals surface area contributed by atoms with Gasteiger partial charge < -0.3 is 16.4 Å². The molecule has 0 bridgehead atoms. The molecule has 0 saturated heterocycles. The third kappa shape index (κ3) is 5.04. The maximum absolute atomic E-state index is 5.52. The third-order valence-corrected chi connectivity index (χ3v) is 6.27. The topological polar surface area (TPSA) is 50.1 Å². The fraction of sp³-hybridized carbons (Fsp3) is 0.0625. The molecule has 6 rings (SSSR count). The smallest absolute Gasteiger partial charge is 0.0665 e. The maximum Gasteiger partial charge on any atom is 0.0665 e. The Hall–Kier alpha value is -4.50. The van der Waals surface area contributed by atoms with E-state index in [1.165, 1.54) is 22.3 Å². The minimum absolute atomic E-state index is 0.868. The van der Waals surface area contributed by atoms with Crippen molar-refractivity contribution >= 4 is 28.4 Å². The number of benzene rings is 5. The van der Waals surface area contributed by atoms with E-state index in [4.69, 9.17) is 5.73 Å². The molecule has 3 heteroatoms. The molecule has 0 spiro atoms. The van der Waals surface area contributed by atoms with Gasteiger partial charge in [-0.2, -0.15) is 0 Å². The molecule has 0 amide bonds. The number of para-hydroxylation sites is 3. The van der Waals surface area contributed by atoms with E-state index in [1.54, 1.807) is 0 Å². The van der Waals surface area contributed by atoms with Gasteiger partial charge in [0, 0.05) is 23.5 Å². The number of nitrogen functional groups attached to an aromatic ring is 1. The molecule has 0 unspecified atom stereocenters. The molecule has 0 fully saturated rings. The molecule has 4 N–H and O–H groups in total. The molecule has 1 aliphatic carbocycles. The number of hydrogen-bond donors (Lipinski definition) is 3. The zero-order chi connectivity index (χ0) is 24.0. The van der Waals surface area contributed by atoms with Gasteiger partial charge in [-0.3, -0.25) is 0 Å². The van der Waals surface area contributed by atoms with E-state index in [1.807, 2.05) is 43.3 Å². The lowest BCUT2D eigenvalue weighted by molar-refractivity contribution is 1.26. The van der Waals surface area contributed by atoms with Gasteiger partial charge in [0.2, 0.25) is 0 Å². The molecule has 35 heavy (non-hydrogen) atoms. The Morgan fingerprint density at radius 1 is 0.571 bits per heavy atom. The minimum Gasteiger partial charge on any atom is -0.399 e. The molecule has 0 aromatic heterocycles. The first-order chi connectivity index (χ1) is 17.2. The first-order valence-corrected chi connectivity index (χ1v) is 11.9. The Morgan fingerprint density at radius 2 is 1.17 bits per heavy atom. The van der Waals surface area contributed by atoms with Crippen LogP contribution >= 0.6 is 0 Å². The number of nitrogens with one attached hydrogen (secondary N) is 2. The monoisotopic (exact) mass is 455 g/mol. The van der Waals surface area contributed by atoms with Crippen LogP contribution in [0.5, 0.6) is 0 Å². The number of hydrogen-bond acceptors (Lipinski definition) is 3. The van der Waals surface area contributed by atoms with Crippen molar-refractivity contribution in [1.29, 1.82) is 0 Å². The third-order valence-electron chi connectivity index (χ3n) is 6.27. The molecule has 5 aromatic rings. The van der Waals surface area contributed by atoms with Crippen LogP contribution in [0.3, 0.4) is 0 Å². The molecule has 5 aromatic carbocycles. The lowest BCUT2D eigenvalue weighted by Crippen LogP contribution is -2.01. The van der Waals surface area contributed by atoms with Gasteiger partial charge in [0.1, 0.15) is 0 Å². The van der Waals surface area contributed by atoms with E-state index >= 15 is 0 Å². The number of fused-ring (bicyclic) bond motifs is 3. The quantitative estimate of drug-likeness (QED) is 0.234. The molecule has 0 saturated carbocycles. The van der Waals surface area contributed by atoms with Crippen molar-refractivity contribution in [2.75, 3.05) is 16.4 Å². The Morgan fingerprint density at radius 3 is 1.83 bits per heavy atom. The lowest BCUT2D eigenvalue weighted by atomic mass is 10.0. The summed E-state index contributed by atoms with van der Waals surface area (Å²) in [6, 6.07) is 41.6. The van der Waals surface area contributed by atoms with Crippen LogP contribution in [0.4, 0.5) is 28.4 Å². The molecule has 0 aliphatic heterocycles. The molecule has 0 radical (unpaired) electrons. The van der Waals surface area contributed by atoms with Crippen LogP contribution in [-0.2, 0) is 6.42 Å². The molecule has 3 nitrogen and oxygen atoms in total. The maximum atomic E-state index is 5.52. The van der Waals surface area contributed by atoms with Crippen molar-refractivity contribution in [3.8, 4) is 11.1 Å². The fourth-order valence-corrected chi connectivity index (χ4v) is 4.39. The molecular weight excluding hydrogens is 426 g/mol. The zero-order valence-electron chi connectivity index (χ0n) is 19.8. The van der Waals surface area contributed by atoms with Crippen LogP contribution in [-0.4, -0.2) is 0 Å². The first-order valence-electron chi connectivity index (χ1n) is 11.9. The highest BCUT2D eigenvalue weighted by atomic mass is 15.0. The summed E-state index contributed by atoms with van der Waals surface area (Å²) in [5.74, 6) is 0. The second kappa shape index (κ2) is 10.2. The first kappa shape index (κ1) is 22.3. The van der Waals surface area contributed by atoms with Crippen molar-refractivity contribution in [3.63, 3.8) is 0 Å². The number of anilines is 5. The summed E-state index contributed by atoms with van der Waals surface area (Å²) in [6.45, 7) is 2.00. The van der Waals surface area contributed by atoms with Crippen molar-refractivity contribution < 1.29 is 0 Å². The SMILES string of the molecule is Cc1ccccc1N.c1ccc(Nc2ccc3c(c2Nc2ccccc2)Cc2ccccc2-3)cc1. The molecule has 172 valence electrons. The van der Waals surface area contributed by atoms with E-state index < -0.39 is 0 Å². The van der Waals surface area contributed by atoms with E-state index in [0.29, 0.717) is 0 Å². The number of nitrogens with two attached hydrogens (primary N) is 1. The summed E-state index contributed by atoms with van der Waals surface area (Å²) < 4.78 is 0. The van der Waals surface area contributed by atoms with Crippen molar-refractivity contribution in [1.82, 2.24) is 0 Å². The van der Waals surface area contributed by atoms with Gasteiger partial charge >= 0.3 is 0 Å². The summed E-state index contributed by atoms with van der Waals surface area (Å²) in [6.07, 6.45) is 0.949. The van der Waals surface area contributed by atoms with E-state index in [0.717, 1.165) is 40.4 Å². The van der Waals surface area contributed by atoms with Crippen LogP contribution < -0.4 is 16.4 Å². The normalized spacial score (nSPS) is 11.0. The minimum atomic E-state index is 0.868. The lowest BCUT2D eigenvalue weighted by Gasteiger charge is -2.18. The Kier molecular flexibility index (Phi) is 6.49. The van der Waals surface area contributed by atoms with Crippen LogP contribution in [0.1, 0.15) is 16.7 Å². The highest BCUT2D eigenvalue weighted by Crippen LogP contribution is 2.44. The molecule has 0 heterocycles. The molecule has 1 aliphatic rings. The second-order valence-electron chi connectivity index (χ2n) is 8.69.